The molecule has 1 atom stereocenters. The predicted molar refractivity (Wildman–Crippen MR) is 136 cm³/mol. The van der Waals surface area contributed by atoms with Crippen LogP contribution in [0, 0.1) is 29.2 Å². The smallest absolute Gasteiger partial charge is 0.415 e. The number of halogens is 4. The Morgan fingerprint density at radius 3 is 2.29 bits per heavy atom. The summed E-state index contributed by atoms with van der Waals surface area (Å²) in [5, 5.41) is 0. The van der Waals surface area contributed by atoms with Gasteiger partial charge in [0.2, 0.25) is 0 Å². The van der Waals surface area contributed by atoms with E-state index in [0.29, 0.717) is 6.54 Å². The molecule has 1 amide bonds. The van der Waals surface area contributed by atoms with Crippen molar-refractivity contribution in [2.24, 2.45) is 5.92 Å². The third-order valence-electron chi connectivity index (χ3n) is 7.96. The first-order valence-electron chi connectivity index (χ1n) is 13.1. The number of hydrogen-bond acceptors (Lipinski definition) is 2. The quantitative estimate of drug-likeness (QED) is 0.187. The molecule has 3 fully saturated rings. The van der Waals surface area contributed by atoms with Gasteiger partial charge in [0, 0.05) is 25.2 Å². The van der Waals surface area contributed by atoms with Gasteiger partial charge in [-0.15, -0.1) is 0 Å². The number of piperidine rings is 3. The van der Waals surface area contributed by atoms with Crippen molar-refractivity contribution in [1.29, 1.82) is 0 Å². The van der Waals surface area contributed by atoms with Gasteiger partial charge in [-0.05, 0) is 47.9 Å². The number of nitrogens with zero attached hydrogens (tertiary/aromatic N) is 2. The van der Waals surface area contributed by atoms with E-state index in [4.69, 9.17) is 4.74 Å². The number of rotatable bonds is 8. The highest BCUT2D eigenvalue weighted by molar-refractivity contribution is 5.87. The largest absolute Gasteiger partial charge is 0.440 e. The molecule has 2 bridgehead atoms. The number of ether oxygens (including phenoxy) is 1. The lowest BCUT2D eigenvalue weighted by atomic mass is 9.83. The average Bonchev–Trinajstić information content (AvgIpc) is 2.91. The molecule has 0 aromatic heterocycles. The molecular formula is C30H31F4N2O2+. The van der Waals surface area contributed by atoms with Crippen molar-refractivity contribution in [3.63, 3.8) is 0 Å². The molecule has 3 aliphatic heterocycles. The molecule has 3 aliphatic rings. The second-order valence-corrected chi connectivity index (χ2v) is 10.5. The first-order chi connectivity index (χ1) is 18.3. The molecule has 4 nitrogen and oxygen atoms in total. The molecule has 0 spiro atoms. The Labute approximate surface area is 220 Å². The third-order valence-corrected chi connectivity index (χ3v) is 7.96. The van der Waals surface area contributed by atoms with Gasteiger partial charge in [-0.2, -0.15) is 0 Å². The van der Waals surface area contributed by atoms with E-state index in [1.807, 2.05) is 18.2 Å². The van der Waals surface area contributed by atoms with Crippen LogP contribution in [0.4, 0.5) is 28.0 Å². The van der Waals surface area contributed by atoms with E-state index in [-0.39, 0.29) is 29.8 Å². The second kappa shape index (κ2) is 11.2. The molecule has 3 heterocycles. The van der Waals surface area contributed by atoms with E-state index >= 15 is 0 Å². The van der Waals surface area contributed by atoms with Gasteiger partial charge in [0.05, 0.1) is 31.9 Å². The van der Waals surface area contributed by atoms with Crippen LogP contribution in [0.25, 0.3) is 0 Å². The standard InChI is InChI=1S/C30H31F4N2O2/c31-24-9-4-10-25(18-24)35(19-22-16-26(32)29(34)27(33)17-22)30(37)38-28-20-36(14-11-23(28)12-15-36)13-5-8-21-6-2-1-3-7-21/h1-4,6-7,9-10,16-18,23,28H,5,8,11-15,19-20H2/q+1/t23?,28-,36?/m0/s1. The molecule has 3 aromatic rings. The molecule has 200 valence electrons. The van der Waals surface area contributed by atoms with E-state index in [9.17, 15) is 22.4 Å². The zero-order valence-electron chi connectivity index (χ0n) is 21.1. The average molecular weight is 528 g/mol. The number of amides is 1. The lowest BCUT2D eigenvalue weighted by Crippen LogP contribution is -2.65. The summed E-state index contributed by atoms with van der Waals surface area (Å²) in [6.45, 7) is 3.51. The lowest BCUT2D eigenvalue weighted by Gasteiger charge is -2.52. The molecule has 0 radical (unpaired) electrons. The van der Waals surface area contributed by atoms with Crippen molar-refractivity contribution < 1.29 is 31.6 Å². The van der Waals surface area contributed by atoms with Gasteiger partial charge >= 0.3 is 6.09 Å². The summed E-state index contributed by atoms with van der Waals surface area (Å²) in [6.07, 6.45) is 2.91. The molecule has 0 aliphatic carbocycles. The Kier molecular flexibility index (Phi) is 7.70. The van der Waals surface area contributed by atoms with E-state index in [1.54, 1.807) is 0 Å². The monoisotopic (exact) mass is 527 g/mol. The van der Waals surface area contributed by atoms with Gasteiger partial charge in [-0.1, -0.05) is 36.4 Å². The molecule has 3 saturated heterocycles. The van der Waals surface area contributed by atoms with Gasteiger partial charge in [-0.3, -0.25) is 4.90 Å². The summed E-state index contributed by atoms with van der Waals surface area (Å²) in [7, 11) is 0. The van der Waals surface area contributed by atoms with Gasteiger partial charge < -0.3 is 9.22 Å². The van der Waals surface area contributed by atoms with Crippen LogP contribution >= 0.6 is 0 Å². The Hall–Kier alpha value is -3.39. The van der Waals surface area contributed by atoms with Crippen LogP contribution in [0.5, 0.6) is 0 Å². The number of carbonyl (C=O) groups is 1. The van der Waals surface area contributed by atoms with Crippen molar-refractivity contribution in [1.82, 2.24) is 0 Å². The highest BCUT2D eigenvalue weighted by Crippen LogP contribution is 2.36. The minimum absolute atomic E-state index is 0.0286. The summed E-state index contributed by atoms with van der Waals surface area (Å²) < 4.78 is 62.2. The number of quaternary nitrogens is 1. The summed E-state index contributed by atoms with van der Waals surface area (Å²) in [5.41, 5.74) is 1.52. The van der Waals surface area contributed by atoms with Crippen molar-refractivity contribution in [3.8, 4) is 0 Å². The number of fused-ring (bicyclic) bond motifs is 3. The van der Waals surface area contributed by atoms with Crippen molar-refractivity contribution in [2.75, 3.05) is 31.1 Å². The van der Waals surface area contributed by atoms with Crippen LogP contribution < -0.4 is 4.90 Å². The van der Waals surface area contributed by atoms with Crippen LogP contribution in [0.15, 0.2) is 66.7 Å². The highest BCUT2D eigenvalue weighted by atomic mass is 19.2. The van der Waals surface area contributed by atoms with E-state index in [1.165, 1.54) is 23.8 Å². The summed E-state index contributed by atoms with van der Waals surface area (Å²) in [4.78, 5) is 14.6. The first-order valence-corrected chi connectivity index (χ1v) is 13.1. The number of hydrogen-bond donors (Lipinski definition) is 0. The van der Waals surface area contributed by atoms with Gasteiger partial charge in [-0.25, -0.2) is 22.4 Å². The maximum atomic E-state index is 14.0. The summed E-state index contributed by atoms with van der Waals surface area (Å²) >= 11 is 0. The maximum absolute atomic E-state index is 14.0. The first kappa shape index (κ1) is 26.2. The number of anilines is 1. The Morgan fingerprint density at radius 1 is 0.895 bits per heavy atom. The van der Waals surface area contributed by atoms with Crippen LogP contribution in [0.1, 0.15) is 30.4 Å². The fourth-order valence-corrected chi connectivity index (χ4v) is 5.91. The second-order valence-electron chi connectivity index (χ2n) is 10.5. The van der Waals surface area contributed by atoms with Gasteiger partial charge in [0.25, 0.3) is 0 Å². The summed E-state index contributed by atoms with van der Waals surface area (Å²) in [5.74, 6) is -4.62. The Morgan fingerprint density at radius 2 is 1.61 bits per heavy atom. The van der Waals surface area contributed by atoms with Crippen LogP contribution in [-0.2, 0) is 17.7 Å². The SMILES string of the molecule is O=C(O[C@H]1C[N+]2(CCCc3ccccc3)CCC1CC2)N(Cc1cc(F)c(F)c(F)c1)c1cccc(F)c1. The number of aryl methyl sites for hydroxylation is 1. The molecule has 8 heteroatoms. The van der Waals surface area contributed by atoms with Gasteiger partial charge in [0.1, 0.15) is 12.4 Å². The normalized spacial score (nSPS) is 22.3. The molecule has 38 heavy (non-hydrogen) atoms. The number of benzene rings is 3. The Bertz CT molecular complexity index is 1260. The van der Waals surface area contributed by atoms with Gasteiger partial charge in [0.15, 0.2) is 23.6 Å². The lowest BCUT2D eigenvalue weighted by molar-refractivity contribution is -0.946. The highest BCUT2D eigenvalue weighted by Gasteiger charge is 2.47. The van der Waals surface area contributed by atoms with Crippen molar-refractivity contribution >= 4 is 11.8 Å². The van der Waals surface area contributed by atoms with Crippen LogP contribution in [-0.4, -0.2) is 42.9 Å². The Balaban J connectivity index is 1.30. The third kappa shape index (κ3) is 5.85. The van der Waals surface area contributed by atoms with E-state index < -0.39 is 29.4 Å². The molecule has 0 N–H and O–H groups in total. The fourth-order valence-electron chi connectivity index (χ4n) is 5.91. The molecular weight excluding hydrogens is 496 g/mol. The minimum atomic E-state index is -1.58. The number of carbonyl (C=O) groups excluding carboxylic acids is 1. The fraction of sp³-hybridized carbons (Fsp3) is 0.367. The zero-order chi connectivity index (χ0) is 26.7. The molecule has 0 unspecified atom stereocenters. The van der Waals surface area contributed by atoms with E-state index in [0.717, 1.165) is 72.9 Å². The topological polar surface area (TPSA) is 29.5 Å². The molecule has 3 aromatic carbocycles. The summed E-state index contributed by atoms with van der Waals surface area (Å²) in [6, 6.07) is 17.4. The van der Waals surface area contributed by atoms with E-state index in [2.05, 4.69) is 12.1 Å². The zero-order valence-corrected chi connectivity index (χ0v) is 21.1. The molecule has 6 rings (SSSR count). The van der Waals surface area contributed by atoms with Crippen molar-refractivity contribution in [3.05, 3.63) is 101 Å². The van der Waals surface area contributed by atoms with Crippen molar-refractivity contribution in [2.45, 2.75) is 38.3 Å². The maximum Gasteiger partial charge on any atom is 0.415 e. The van der Waals surface area contributed by atoms with Crippen LogP contribution in [0.3, 0.4) is 0 Å². The predicted octanol–water partition coefficient (Wildman–Crippen LogP) is 6.63. The molecule has 0 saturated carbocycles. The van der Waals surface area contributed by atoms with Crippen LogP contribution in [0.2, 0.25) is 0 Å². The minimum Gasteiger partial charge on any atom is -0.440 e.